The van der Waals surface area contributed by atoms with Gasteiger partial charge < -0.3 is 15.5 Å². The quantitative estimate of drug-likeness (QED) is 0.320. The van der Waals surface area contributed by atoms with Crippen molar-refractivity contribution >= 4 is 17.7 Å². The van der Waals surface area contributed by atoms with E-state index < -0.39 is 11.9 Å². The summed E-state index contributed by atoms with van der Waals surface area (Å²) < 4.78 is 0. The minimum Gasteiger partial charge on any atom is -0.477 e. The van der Waals surface area contributed by atoms with E-state index in [4.69, 9.17) is 0 Å². The Labute approximate surface area is 245 Å². The van der Waals surface area contributed by atoms with Gasteiger partial charge in [0.1, 0.15) is 17.1 Å². The number of nitrogens with zero attached hydrogens (tertiary/aromatic N) is 6. The molecule has 42 heavy (non-hydrogen) atoms. The van der Waals surface area contributed by atoms with Crippen molar-refractivity contribution in [3.05, 3.63) is 88.8 Å². The van der Waals surface area contributed by atoms with Crippen LogP contribution in [0, 0.1) is 0 Å². The van der Waals surface area contributed by atoms with Gasteiger partial charge in [0.2, 0.25) is 0 Å². The maximum Gasteiger partial charge on any atom is 0.354 e. The highest BCUT2D eigenvalue weighted by atomic mass is 16.4. The van der Waals surface area contributed by atoms with Gasteiger partial charge in [-0.15, -0.1) is 0 Å². The van der Waals surface area contributed by atoms with Crippen LogP contribution in [0.25, 0.3) is 0 Å². The number of aromatic nitrogens is 3. The van der Waals surface area contributed by atoms with Crippen LogP contribution in [0.3, 0.4) is 0 Å². The number of carboxylic acid groups (broad SMARTS) is 2. The van der Waals surface area contributed by atoms with Crippen molar-refractivity contribution in [2.45, 2.75) is 26.6 Å². The first-order valence-electron chi connectivity index (χ1n) is 14.0. The molecule has 0 aliphatic carbocycles. The highest BCUT2D eigenvalue weighted by molar-refractivity contribution is 5.92. The fourth-order valence-electron chi connectivity index (χ4n) is 4.80. The number of carboxylic acids is 2. The Morgan fingerprint density at radius 1 is 0.619 bits per heavy atom. The zero-order valence-electron chi connectivity index (χ0n) is 23.8. The van der Waals surface area contributed by atoms with Gasteiger partial charge in [-0.2, -0.15) is 0 Å². The van der Waals surface area contributed by atoms with Gasteiger partial charge in [0.15, 0.2) is 5.78 Å². The van der Waals surface area contributed by atoms with Crippen LogP contribution in [0.5, 0.6) is 0 Å². The molecule has 0 spiro atoms. The van der Waals surface area contributed by atoms with Gasteiger partial charge in [-0.05, 0) is 36.4 Å². The van der Waals surface area contributed by atoms with E-state index in [-0.39, 0.29) is 17.2 Å². The summed E-state index contributed by atoms with van der Waals surface area (Å²) in [6, 6.07) is 15.6. The topological polar surface area (TPSA) is 152 Å². The lowest BCUT2D eigenvalue weighted by Crippen LogP contribution is -2.44. The summed E-state index contributed by atoms with van der Waals surface area (Å²) in [6.07, 6.45) is 0. The van der Waals surface area contributed by atoms with Gasteiger partial charge in [0, 0.05) is 78.9 Å². The molecule has 3 aromatic heterocycles. The van der Waals surface area contributed by atoms with Crippen LogP contribution in [0.15, 0.2) is 54.6 Å². The van der Waals surface area contributed by atoms with E-state index in [1.54, 1.807) is 18.2 Å². The molecule has 4 heterocycles. The number of rotatable bonds is 9. The number of pyridine rings is 3. The predicted molar refractivity (Wildman–Crippen MR) is 155 cm³/mol. The molecule has 3 N–H and O–H groups in total. The lowest BCUT2D eigenvalue weighted by molar-refractivity contribution is 0.0679. The van der Waals surface area contributed by atoms with E-state index in [1.807, 2.05) is 24.3 Å². The van der Waals surface area contributed by atoms with Gasteiger partial charge in [0.25, 0.3) is 0 Å². The molecule has 12 nitrogen and oxygen atoms in total. The van der Waals surface area contributed by atoms with Crippen molar-refractivity contribution in [3.8, 4) is 0 Å². The van der Waals surface area contributed by atoms with Crippen molar-refractivity contribution in [2.75, 3.05) is 52.4 Å². The van der Waals surface area contributed by atoms with Crippen LogP contribution in [0.2, 0.25) is 0 Å². The van der Waals surface area contributed by atoms with E-state index in [0.717, 1.165) is 38.4 Å². The molecular formula is C30H37N7O5. The second-order valence-corrected chi connectivity index (χ2v) is 10.3. The van der Waals surface area contributed by atoms with Gasteiger partial charge in [0.05, 0.1) is 17.1 Å². The Balaban J connectivity index is 1.50. The van der Waals surface area contributed by atoms with E-state index in [9.17, 15) is 24.6 Å². The van der Waals surface area contributed by atoms with Crippen LogP contribution in [0.1, 0.15) is 55.5 Å². The lowest BCUT2D eigenvalue weighted by Gasteiger charge is -2.31. The number of carbonyl (C=O) groups is 3. The van der Waals surface area contributed by atoms with Crippen LogP contribution in [0.4, 0.5) is 0 Å². The predicted octanol–water partition coefficient (Wildman–Crippen LogP) is 1.88. The molecule has 0 aromatic carbocycles. The lowest BCUT2D eigenvalue weighted by atomic mass is 10.2. The first kappa shape index (κ1) is 30.8. The standard InChI is InChI=1S/C30H37N7O5/c1-22(38)26-8-2-5-23(32-26)19-35-13-11-31-12-14-36(20-24-6-3-9-27(33-24)29(39)40)16-18-37(17-15-35)21-25-7-4-10-28(34-25)30(41)42/h2-10,31H,11-21H2,1H3,(H,39,40)(H,41,42). The van der Waals surface area contributed by atoms with Crippen LogP contribution >= 0.6 is 0 Å². The molecule has 4 rings (SSSR count). The average molecular weight is 576 g/mol. The summed E-state index contributed by atoms with van der Waals surface area (Å²) in [7, 11) is 0. The third kappa shape index (κ3) is 9.48. The molecule has 0 bridgehead atoms. The maximum atomic E-state index is 11.8. The van der Waals surface area contributed by atoms with Crippen molar-refractivity contribution < 1.29 is 24.6 Å². The highest BCUT2D eigenvalue weighted by Gasteiger charge is 2.17. The number of ketones is 1. The van der Waals surface area contributed by atoms with Crippen molar-refractivity contribution in [1.29, 1.82) is 0 Å². The van der Waals surface area contributed by atoms with Gasteiger partial charge in [-0.3, -0.25) is 19.5 Å². The Kier molecular flexibility index (Phi) is 11.2. The van der Waals surface area contributed by atoms with Crippen LogP contribution < -0.4 is 5.32 Å². The Hall–Kier alpha value is -4.10. The van der Waals surface area contributed by atoms with E-state index in [2.05, 4.69) is 35.0 Å². The summed E-state index contributed by atoms with van der Waals surface area (Å²) in [5, 5.41) is 22.3. The second-order valence-electron chi connectivity index (χ2n) is 10.3. The summed E-state index contributed by atoms with van der Waals surface area (Å²) in [4.78, 5) is 54.7. The molecule has 1 aliphatic heterocycles. The van der Waals surface area contributed by atoms with Crippen molar-refractivity contribution in [1.82, 2.24) is 35.0 Å². The zero-order chi connectivity index (χ0) is 29.9. The molecule has 1 fully saturated rings. The molecule has 222 valence electrons. The monoisotopic (exact) mass is 575 g/mol. The normalized spacial score (nSPS) is 16.3. The number of Topliss-reactive ketones (excluding diaryl/α,β-unsaturated/α-hetero) is 1. The summed E-state index contributed by atoms with van der Waals surface area (Å²) >= 11 is 0. The molecular weight excluding hydrogens is 538 g/mol. The average Bonchev–Trinajstić information content (AvgIpc) is 2.97. The molecule has 3 aromatic rings. The Morgan fingerprint density at radius 2 is 0.976 bits per heavy atom. The highest BCUT2D eigenvalue weighted by Crippen LogP contribution is 2.10. The van der Waals surface area contributed by atoms with E-state index in [0.29, 0.717) is 56.4 Å². The number of hydrogen-bond acceptors (Lipinski definition) is 10. The summed E-state index contributed by atoms with van der Waals surface area (Å²) in [6.45, 7) is 8.92. The Bertz CT molecular complexity index is 1310. The fourth-order valence-corrected chi connectivity index (χ4v) is 4.80. The second kappa shape index (κ2) is 15.2. The molecule has 0 unspecified atom stereocenters. The maximum absolute atomic E-state index is 11.8. The molecule has 1 saturated heterocycles. The first-order valence-corrected chi connectivity index (χ1v) is 14.0. The van der Waals surface area contributed by atoms with Gasteiger partial charge in [-0.1, -0.05) is 18.2 Å². The number of carbonyl (C=O) groups excluding carboxylic acids is 1. The first-order chi connectivity index (χ1) is 20.3. The van der Waals surface area contributed by atoms with Crippen LogP contribution in [-0.4, -0.2) is 110 Å². The number of aromatic carboxylic acids is 2. The van der Waals surface area contributed by atoms with E-state index >= 15 is 0 Å². The minimum absolute atomic E-state index is 0.0111. The Morgan fingerprint density at radius 3 is 1.36 bits per heavy atom. The number of nitrogens with one attached hydrogen (secondary N) is 1. The van der Waals surface area contributed by atoms with Crippen molar-refractivity contribution in [2.24, 2.45) is 0 Å². The summed E-state index contributed by atoms with van der Waals surface area (Å²) in [5.41, 5.74) is 2.68. The largest absolute Gasteiger partial charge is 0.477 e. The minimum atomic E-state index is -1.06. The smallest absolute Gasteiger partial charge is 0.354 e. The fraction of sp³-hybridized carbons (Fsp3) is 0.400. The molecule has 0 radical (unpaired) electrons. The SMILES string of the molecule is CC(=O)c1cccc(CN2CCNCCN(Cc3cccc(C(=O)O)n3)CCN(Cc3cccc(C(=O)O)n3)CC2)n1. The van der Waals surface area contributed by atoms with Gasteiger partial charge >= 0.3 is 11.9 Å². The van der Waals surface area contributed by atoms with Gasteiger partial charge in [-0.25, -0.2) is 24.5 Å². The molecule has 12 heteroatoms. The molecule has 0 amide bonds. The third-order valence-corrected chi connectivity index (χ3v) is 7.05. The molecule has 1 aliphatic rings. The van der Waals surface area contributed by atoms with E-state index in [1.165, 1.54) is 19.1 Å². The summed E-state index contributed by atoms with van der Waals surface area (Å²) in [5.74, 6) is -2.18. The van der Waals surface area contributed by atoms with Crippen LogP contribution in [-0.2, 0) is 19.6 Å². The molecule has 0 saturated carbocycles. The molecule has 0 atom stereocenters. The van der Waals surface area contributed by atoms with Crippen molar-refractivity contribution in [3.63, 3.8) is 0 Å². The number of hydrogen-bond donors (Lipinski definition) is 3. The third-order valence-electron chi connectivity index (χ3n) is 7.05. The zero-order valence-corrected chi connectivity index (χ0v) is 23.8.